The molecule has 0 unspecified atom stereocenters. The maximum atomic E-state index is 5.03. The lowest BCUT2D eigenvalue weighted by Crippen LogP contribution is -2.14. The van der Waals surface area contributed by atoms with Crippen LogP contribution >= 0.6 is 0 Å². The highest BCUT2D eigenvalue weighted by molar-refractivity contribution is 5.98. The Morgan fingerprint density at radius 1 is 0.419 bits per heavy atom. The summed E-state index contributed by atoms with van der Waals surface area (Å²) in [6.45, 7) is 4.70. The van der Waals surface area contributed by atoms with Crippen LogP contribution < -0.4 is 0 Å². The van der Waals surface area contributed by atoms with Crippen LogP contribution in [0.5, 0.6) is 0 Å². The summed E-state index contributed by atoms with van der Waals surface area (Å²) in [5.41, 5.74) is 12.9. The SMILES string of the molecule is CC1(C)c2cc3ccccc3cc2-c2c(-c3ccc(-c4cc(-c5ccccc5)nc(-c5ccccc5)n4)cc3)cccc21. The molecule has 0 fully saturated rings. The van der Waals surface area contributed by atoms with E-state index < -0.39 is 0 Å². The smallest absolute Gasteiger partial charge is 0.160 e. The first-order valence-electron chi connectivity index (χ1n) is 14.8. The van der Waals surface area contributed by atoms with Gasteiger partial charge in [0.1, 0.15) is 0 Å². The zero-order valence-corrected chi connectivity index (χ0v) is 24.3. The van der Waals surface area contributed by atoms with Crippen LogP contribution in [0, 0.1) is 0 Å². The lowest BCUT2D eigenvalue weighted by Gasteiger charge is -2.22. The zero-order valence-electron chi connectivity index (χ0n) is 24.3. The fraction of sp³-hybridized carbons (Fsp3) is 0.0732. The molecule has 0 radical (unpaired) electrons. The molecule has 0 amide bonds. The minimum Gasteiger partial charge on any atom is -0.228 e. The van der Waals surface area contributed by atoms with Crippen molar-refractivity contribution in [3.63, 3.8) is 0 Å². The van der Waals surface area contributed by atoms with Gasteiger partial charge in [-0.25, -0.2) is 9.97 Å². The van der Waals surface area contributed by atoms with Gasteiger partial charge in [-0.1, -0.05) is 141 Å². The van der Waals surface area contributed by atoms with Crippen molar-refractivity contribution in [3.8, 4) is 56.2 Å². The maximum absolute atomic E-state index is 5.03. The minimum atomic E-state index is -0.0622. The summed E-state index contributed by atoms with van der Waals surface area (Å²) < 4.78 is 0. The summed E-state index contributed by atoms with van der Waals surface area (Å²) in [7, 11) is 0. The Hall–Kier alpha value is -5.34. The Kier molecular flexibility index (Phi) is 5.84. The molecule has 204 valence electrons. The van der Waals surface area contributed by atoms with Crippen molar-refractivity contribution in [1.29, 1.82) is 0 Å². The molecule has 7 aromatic rings. The molecule has 0 aliphatic heterocycles. The molecule has 0 atom stereocenters. The van der Waals surface area contributed by atoms with E-state index in [1.165, 1.54) is 44.2 Å². The summed E-state index contributed by atoms with van der Waals surface area (Å²) in [6, 6.07) is 51.7. The molecular weight excluding hydrogens is 520 g/mol. The average Bonchev–Trinajstić information content (AvgIpc) is 3.30. The second kappa shape index (κ2) is 9.89. The molecule has 0 spiro atoms. The highest BCUT2D eigenvalue weighted by Gasteiger charge is 2.37. The van der Waals surface area contributed by atoms with E-state index in [9.17, 15) is 0 Å². The quantitative estimate of drug-likeness (QED) is 0.218. The normalized spacial score (nSPS) is 13.1. The summed E-state index contributed by atoms with van der Waals surface area (Å²) >= 11 is 0. The van der Waals surface area contributed by atoms with Crippen LogP contribution in [0.25, 0.3) is 66.9 Å². The van der Waals surface area contributed by atoms with Crippen LogP contribution in [0.4, 0.5) is 0 Å². The van der Waals surface area contributed by atoms with E-state index in [1.54, 1.807) is 0 Å². The standard InChI is InChI=1S/C41H30N2/c1-41(2)35-19-11-18-33(39(35)34-24-31-16-9-10-17-32(31)25-36(34)41)27-20-22-29(23-21-27)38-26-37(28-12-5-3-6-13-28)42-40(43-38)30-14-7-4-8-15-30/h3-26H,1-2H3. The number of benzene rings is 6. The van der Waals surface area contributed by atoms with Crippen LogP contribution in [0.1, 0.15) is 25.0 Å². The first-order chi connectivity index (χ1) is 21.1. The third-order valence-corrected chi connectivity index (χ3v) is 8.89. The van der Waals surface area contributed by atoms with Crippen molar-refractivity contribution < 1.29 is 0 Å². The fourth-order valence-corrected chi connectivity index (χ4v) is 6.60. The number of nitrogens with zero attached hydrogens (tertiary/aromatic N) is 2. The molecule has 6 aromatic carbocycles. The number of hydrogen-bond donors (Lipinski definition) is 0. The molecule has 1 aromatic heterocycles. The molecule has 0 N–H and O–H groups in total. The number of fused-ring (bicyclic) bond motifs is 4. The van der Waals surface area contributed by atoms with Gasteiger partial charge in [0.05, 0.1) is 11.4 Å². The van der Waals surface area contributed by atoms with Crippen molar-refractivity contribution >= 4 is 10.8 Å². The fourth-order valence-electron chi connectivity index (χ4n) is 6.60. The predicted octanol–water partition coefficient (Wildman–Crippen LogP) is 10.6. The van der Waals surface area contributed by atoms with Crippen LogP contribution in [-0.2, 0) is 5.41 Å². The Balaban J connectivity index is 1.24. The summed E-state index contributed by atoms with van der Waals surface area (Å²) in [6.07, 6.45) is 0. The van der Waals surface area contributed by atoms with Crippen molar-refractivity contribution in [3.05, 3.63) is 157 Å². The van der Waals surface area contributed by atoms with Crippen LogP contribution in [0.3, 0.4) is 0 Å². The molecule has 0 bridgehead atoms. The lowest BCUT2D eigenvalue weighted by molar-refractivity contribution is 0.661. The largest absolute Gasteiger partial charge is 0.228 e. The highest BCUT2D eigenvalue weighted by atomic mass is 14.9. The summed E-state index contributed by atoms with van der Waals surface area (Å²) in [5.74, 6) is 0.730. The Morgan fingerprint density at radius 2 is 0.977 bits per heavy atom. The molecule has 0 saturated heterocycles. The van der Waals surface area contributed by atoms with Gasteiger partial charge in [0.15, 0.2) is 5.82 Å². The topological polar surface area (TPSA) is 25.8 Å². The molecule has 1 heterocycles. The van der Waals surface area contributed by atoms with Crippen molar-refractivity contribution in [2.45, 2.75) is 19.3 Å². The van der Waals surface area contributed by atoms with Gasteiger partial charge in [-0.05, 0) is 62.4 Å². The van der Waals surface area contributed by atoms with Gasteiger partial charge in [0, 0.05) is 22.1 Å². The number of hydrogen-bond acceptors (Lipinski definition) is 2. The van der Waals surface area contributed by atoms with Gasteiger partial charge in [0.2, 0.25) is 0 Å². The molecule has 8 rings (SSSR count). The van der Waals surface area contributed by atoms with Crippen molar-refractivity contribution in [2.24, 2.45) is 0 Å². The highest BCUT2D eigenvalue weighted by Crippen LogP contribution is 2.53. The van der Waals surface area contributed by atoms with Gasteiger partial charge < -0.3 is 0 Å². The minimum absolute atomic E-state index is 0.0622. The maximum Gasteiger partial charge on any atom is 0.160 e. The van der Waals surface area contributed by atoms with Gasteiger partial charge in [-0.3, -0.25) is 0 Å². The molecule has 1 aliphatic rings. The van der Waals surface area contributed by atoms with Crippen molar-refractivity contribution in [2.75, 3.05) is 0 Å². The molecule has 2 nitrogen and oxygen atoms in total. The van der Waals surface area contributed by atoms with E-state index in [2.05, 4.69) is 135 Å². The van der Waals surface area contributed by atoms with E-state index in [0.717, 1.165) is 33.9 Å². The van der Waals surface area contributed by atoms with Crippen LogP contribution in [0.2, 0.25) is 0 Å². The van der Waals surface area contributed by atoms with E-state index >= 15 is 0 Å². The Labute approximate surface area is 252 Å². The van der Waals surface area contributed by atoms with E-state index in [0.29, 0.717) is 0 Å². The first kappa shape index (κ1) is 25.4. The Bertz CT molecular complexity index is 2070. The van der Waals surface area contributed by atoms with Gasteiger partial charge in [-0.15, -0.1) is 0 Å². The molecule has 0 saturated carbocycles. The van der Waals surface area contributed by atoms with Crippen LogP contribution in [0.15, 0.2) is 146 Å². The Morgan fingerprint density at radius 3 is 1.65 bits per heavy atom. The molecule has 2 heteroatoms. The summed E-state index contributed by atoms with van der Waals surface area (Å²) in [4.78, 5) is 9.98. The monoisotopic (exact) mass is 550 g/mol. The van der Waals surface area contributed by atoms with E-state index in [-0.39, 0.29) is 5.41 Å². The number of rotatable bonds is 4. The molecule has 43 heavy (non-hydrogen) atoms. The second-order valence-electron chi connectivity index (χ2n) is 11.9. The predicted molar refractivity (Wildman–Crippen MR) is 179 cm³/mol. The zero-order chi connectivity index (χ0) is 29.0. The summed E-state index contributed by atoms with van der Waals surface area (Å²) in [5, 5.41) is 2.57. The van der Waals surface area contributed by atoms with Crippen LogP contribution in [-0.4, -0.2) is 9.97 Å². The van der Waals surface area contributed by atoms with E-state index in [1.807, 2.05) is 24.3 Å². The number of aromatic nitrogens is 2. The van der Waals surface area contributed by atoms with Gasteiger partial charge >= 0.3 is 0 Å². The van der Waals surface area contributed by atoms with Gasteiger partial charge in [-0.2, -0.15) is 0 Å². The second-order valence-corrected chi connectivity index (χ2v) is 11.9. The van der Waals surface area contributed by atoms with Gasteiger partial charge in [0.25, 0.3) is 0 Å². The lowest BCUT2D eigenvalue weighted by atomic mass is 9.81. The molecule has 1 aliphatic carbocycles. The third kappa shape index (κ3) is 4.26. The van der Waals surface area contributed by atoms with E-state index in [4.69, 9.17) is 9.97 Å². The third-order valence-electron chi connectivity index (χ3n) is 8.89. The average molecular weight is 551 g/mol. The molecular formula is C41H30N2. The van der Waals surface area contributed by atoms with Crippen molar-refractivity contribution in [1.82, 2.24) is 9.97 Å². The first-order valence-corrected chi connectivity index (χ1v) is 14.8.